The molecule has 1 aromatic carbocycles. The van der Waals surface area contributed by atoms with E-state index in [1.165, 1.54) is 4.88 Å². The van der Waals surface area contributed by atoms with E-state index in [9.17, 15) is 4.39 Å². The van der Waals surface area contributed by atoms with Gasteiger partial charge in [-0.3, -0.25) is 0 Å². The second kappa shape index (κ2) is 6.79. The highest BCUT2D eigenvalue weighted by atomic mass is 79.9. The van der Waals surface area contributed by atoms with Gasteiger partial charge in [-0.25, -0.2) is 4.39 Å². The predicted molar refractivity (Wildman–Crippen MR) is 94.0 cm³/mol. The lowest BCUT2D eigenvalue weighted by molar-refractivity contribution is 0.614. The average molecular weight is 371 g/mol. The van der Waals surface area contributed by atoms with E-state index >= 15 is 0 Å². The zero-order valence-electron chi connectivity index (χ0n) is 12.7. The van der Waals surface area contributed by atoms with Crippen LogP contribution >= 0.6 is 27.3 Å². The molecule has 2 nitrogen and oxygen atoms in total. The fraction of sp³-hybridized carbons (Fsp3) is 0.375. The molecule has 5 heteroatoms. The third-order valence-electron chi connectivity index (χ3n) is 3.52. The van der Waals surface area contributed by atoms with E-state index in [0.717, 1.165) is 10.2 Å². The standard InChI is InChI=1S/C16H20BrFN2S/c1-10(2)20(4)15-6-5-12(9-14(15)18)19-11(3)16-13(17)7-8-21-16/h5-11,19H,1-4H3. The summed E-state index contributed by atoms with van der Waals surface area (Å²) in [6.07, 6.45) is 0. The molecule has 0 bridgehead atoms. The number of benzene rings is 1. The van der Waals surface area contributed by atoms with Crippen molar-refractivity contribution in [1.82, 2.24) is 0 Å². The molecule has 0 aliphatic rings. The van der Waals surface area contributed by atoms with E-state index < -0.39 is 0 Å². The molecule has 1 heterocycles. The van der Waals surface area contributed by atoms with E-state index in [0.29, 0.717) is 5.69 Å². The molecule has 0 radical (unpaired) electrons. The average Bonchev–Trinajstić information content (AvgIpc) is 2.84. The Morgan fingerprint density at radius 1 is 1.24 bits per heavy atom. The van der Waals surface area contributed by atoms with Crippen molar-refractivity contribution in [3.63, 3.8) is 0 Å². The van der Waals surface area contributed by atoms with E-state index in [1.54, 1.807) is 17.4 Å². The highest BCUT2D eigenvalue weighted by molar-refractivity contribution is 9.10. The van der Waals surface area contributed by atoms with Crippen molar-refractivity contribution < 1.29 is 4.39 Å². The Bertz CT molecular complexity index is 612. The molecular formula is C16H20BrFN2S. The second-order valence-corrected chi connectivity index (χ2v) is 7.17. The molecule has 21 heavy (non-hydrogen) atoms. The summed E-state index contributed by atoms with van der Waals surface area (Å²) in [5, 5.41) is 5.38. The Morgan fingerprint density at radius 2 is 1.95 bits per heavy atom. The van der Waals surface area contributed by atoms with Gasteiger partial charge in [-0.15, -0.1) is 11.3 Å². The van der Waals surface area contributed by atoms with E-state index in [-0.39, 0.29) is 17.9 Å². The summed E-state index contributed by atoms with van der Waals surface area (Å²) >= 11 is 5.21. The molecule has 0 spiro atoms. The van der Waals surface area contributed by atoms with Gasteiger partial charge in [-0.1, -0.05) is 0 Å². The number of rotatable bonds is 5. The third kappa shape index (κ3) is 3.77. The van der Waals surface area contributed by atoms with Gasteiger partial charge in [0, 0.05) is 28.1 Å². The second-order valence-electron chi connectivity index (χ2n) is 5.37. The minimum Gasteiger partial charge on any atom is -0.378 e. The molecular weight excluding hydrogens is 351 g/mol. The van der Waals surface area contributed by atoms with Crippen molar-refractivity contribution in [1.29, 1.82) is 0 Å². The molecule has 114 valence electrons. The van der Waals surface area contributed by atoms with Gasteiger partial charge in [0.2, 0.25) is 0 Å². The van der Waals surface area contributed by atoms with Crippen LogP contribution in [0.3, 0.4) is 0 Å². The van der Waals surface area contributed by atoms with Crippen LogP contribution in [0.2, 0.25) is 0 Å². The predicted octanol–water partition coefficient (Wildman–Crippen LogP) is 5.67. The lowest BCUT2D eigenvalue weighted by Gasteiger charge is -2.25. The van der Waals surface area contributed by atoms with Crippen molar-refractivity contribution in [2.75, 3.05) is 17.3 Å². The van der Waals surface area contributed by atoms with Crippen molar-refractivity contribution in [2.24, 2.45) is 0 Å². The van der Waals surface area contributed by atoms with Crippen LogP contribution in [0.15, 0.2) is 34.1 Å². The minimum absolute atomic E-state index is 0.132. The molecule has 0 aliphatic heterocycles. The number of hydrogen-bond acceptors (Lipinski definition) is 3. The molecule has 0 saturated carbocycles. The molecule has 1 aromatic heterocycles. The Hall–Kier alpha value is -1.07. The summed E-state index contributed by atoms with van der Waals surface area (Å²) in [5.41, 5.74) is 1.42. The number of halogens is 2. The Labute approximate surface area is 138 Å². The van der Waals surface area contributed by atoms with E-state index in [4.69, 9.17) is 0 Å². The van der Waals surface area contributed by atoms with E-state index in [1.807, 2.05) is 49.4 Å². The summed E-state index contributed by atoms with van der Waals surface area (Å²) in [6, 6.07) is 7.74. The molecule has 0 fully saturated rings. The number of hydrogen-bond donors (Lipinski definition) is 1. The number of nitrogens with zero attached hydrogens (tertiary/aromatic N) is 1. The van der Waals surface area contributed by atoms with Crippen molar-refractivity contribution in [2.45, 2.75) is 32.9 Å². The quantitative estimate of drug-likeness (QED) is 0.729. The zero-order chi connectivity index (χ0) is 15.6. The summed E-state index contributed by atoms with van der Waals surface area (Å²) in [6.45, 7) is 6.16. The fourth-order valence-electron chi connectivity index (χ4n) is 2.09. The normalized spacial score (nSPS) is 12.5. The lowest BCUT2D eigenvalue weighted by Crippen LogP contribution is -2.26. The first-order chi connectivity index (χ1) is 9.90. The summed E-state index contributed by atoms with van der Waals surface area (Å²) in [5.74, 6) is -0.200. The van der Waals surface area contributed by atoms with Gasteiger partial charge in [-0.05, 0) is 66.3 Å². The van der Waals surface area contributed by atoms with E-state index in [2.05, 4.69) is 28.2 Å². The first kappa shape index (κ1) is 16.3. The molecule has 0 aliphatic carbocycles. The largest absolute Gasteiger partial charge is 0.378 e. The molecule has 2 aromatic rings. The molecule has 0 saturated heterocycles. The maximum absolute atomic E-state index is 14.2. The summed E-state index contributed by atoms with van der Waals surface area (Å²) in [7, 11) is 1.90. The van der Waals surface area contributed by atoms with Crippen molar-refractivity contribution in [3.05, 3.63) is 44.8 Å². The molecule has 1 N–H and O–H groups in total. The Morgan fingerprint density at radius 3 is 2.48 bits per heavy atom. The summed E-state index contributed by atoms with van der Waals surface area (Å²) in [4.78, 5) is 3.14. The molecule has 2 rings (SSSR count). The summed E-state index contributed by atoms with van der Waals surface area (Å²) < 4.78 is 15.3. The van der Waals surface area contributed by atoms with Crippen LogP contribution in [0.4, 0.5) is 15.8 Å². The van der Waals surface area contributed by atoms with Crippen LogP contribution in [0.1, 0.15) is 31.7 Å². The zero-order valence-corrected chi connectivity index (χ0v) is 15.1. The highest BCUT2D eigenvalue weighted by Crippen LogP contribution is 2.32. The number of thiophene rings is 1. The van der Waals surface area contributed by atoms with Gasteiger partial charge in [0.05, 0.1) is 11.7 Å². The van der Waals surface area contributed by atoms with Gasteiger partial charge in [0.1, 0.15) is 5.82 Å². The molecule has 1 atom stereocenters. The van der Waals surface area contributed by atoms with Crippen molar-refractivity contribution >= 4 is 38.6 Å². The van der Waals surface area contributed by atoms with Gasteiger partial charge in [0.25, 0.3) is 0 Å². The highest BCUT2D eigenvalue weighted by Gasteiger charge is 2.14. The smallest absolute Gasteiger partial charge is 0.148 e. The number of anilines is 2. The van der Waals surface area contributed by atoms with Gasteiger partial charge in [-0.2, -0.15) is 0 Å². The number of nitrogens with one attached hydrogen (secondary N) is 1. The van der Waals surface area contributed by atoms with Crippen LogP contribution in [-0.2, 0) is 0 Å². The van der Waals surface area contributed by atoms with Crippen LogP contribution < -0.4 is 10.2 Å². The van der Waals surface area contributed by atoms with Gasteiger partial charge < -0.3 is 10.2 Å². The third-order valence-corrected chi connectivity index (χ3v) is 5.58. The van der Waals surface area contributed by atoms with Crippen LogP contribution in [-0.4, -0.2) is 13.1 Å². The Balaban J connectivity index is 2.15. The van der Waals surface area contributed by atoms with Gasteiger partial charge in [0.15, 0.2) is 0 Å². The molecule has 1 unspecified atom stereocenters. The van der Waals surface area contributed by atoms with Crippen LogP contribution in [0, 0.1) is 5.82 Å². The van der Waals surface area contributed by atoms with Gasteiger partial charge >= 0.3 is 0 Å². The monoisotopic (exact) mass is 370 g/mol. The Kier molecular flexibility index (Phi) is 5.27. The first-order valence-electron chi connectivity index (χ1n) is 6.92. The maximum Gasteiger partial charge on any atom is 0.148 e. The topological polar surface area (TPSA) is 15.3 Å². The lowest BCUT2D eigenvalue weighted by atomic mass is 10.2. The van der Waals surface area contributed by atoms with Crippen LogP contribution in [0.5, 0.6) is 0 Å². The minimum atomic E-state index is -0.200. The first-order valence-corrected chi connectivity index (χ1v) is 8.59. The van der Waals surface area contributed by atoms with Crippen LogP contribution in [0.25, 0.3) is 0 Å². The maximum atomic E-state index is 14.2. The molecule has 0 amide bonds. The SMILES string of the molecule is CC(Nc1ccc(N(C)C(C)C)c(F)c1)c1sccc1Br. The fourth-order valence-corrected chi connectivity index (χ4v) is 3.82. The van der Waals surface area contributed by atoms with Crippen molar-refractivity contribution in [3.8, 4) is 0 Å².